The highest BCUT2D eigenvalue weighted by Crippen LogP contribution is 2.24. The first-order valence-electron chi connectivity index (χ1n) is 12.2. The lowest BCUT2D eigenvalue weighted by Crippen LogP contribution is -2.45. The molecule has 1 aromatic heterocycles. The van der Waals surface area contributed by atoms with Gasteiger partial charge in [0.15, 0.2) is 11.6 Å². The molecular weight excluding hydrogens is 479 g/mol. The van der Waals surface area contributed by atoms with Crippen LogP contribution in [0.3, 0.4) is 0 Å². The Hall–Kier alpha value is -3.78. The van der Waals surface area contributed by atoms with Crippen LogP contribution in [-0.2, 0) is 16.1 Å². The summed E-state index contributed by atoms with van der Waals surface area (Å²) in [6, 6.07) is 9.17. The molecule has 1 aliphatic heterocycles. The van der Waals surface area contributed by atoms with Crippen LogP contribution in [0.15, 0.2) is 30.5 Å². The number of nitrogens with one attached hydrogen (secondary N) is 1. The molecule has 0 unspecified atom stereocenters. The average molecular weight is 515 g/mol. The second-order valence-electron chi connectivity index (χ2n) is 8.96. The quantitative estimate of drug-likeness (QED) is 0.382. The van der Waals surface area contributed by atoms with Crippen LogP contribution < -0.4 is 10.4 Å². The molecule has 200 valence electrons. The van der Waals surface area contributed by atoms with Crippen molar-refractivity contribution in [3.05, 3.63) is 47.4 Å². The molecule has 0 atom stereocenters. The van der Waals surface area contributed by atoms with Gasteiger partial charge in [-0.25, -0.2) is 4.98 Å². The highest BCUT2D eigenvalue weighted by molar-refractivity contribution is 5.95. The maximum Gasteiger partial charge on any atom is 0.309 e. The molecule has 11 heteroatoms. The number of hydrogen-bond acceptors (Lipinski definition) is 9. The van der Waals surface area contributed by atoms with E-state index in [4.69, 9.17) is 10.00 Å². The molecule has 1 aromatic carbocycles. The average Bonchev–Trinajstić information content (AvgIpc) is 2.90. The first-order chi connectivity index (χ1) is 17.8. The van der Waals surface area contributed by atoms with Gasteiger partial charge >= 0.3 is 5.97 Å². The molecular formula is C26H35FN6O4. The second kappa shape index (κ2) is 14.7. The van der Waals surface area contributed by atoms with Crippen LogP contribution in [-0.4, -0.2) is 65.3 Å². The predicted octanol–water partition coefficient (Wildman–Crippen LogP) is 3.22. The van der Waals surface area contributed by atoms with Gasteiger partial charge in [-0.1, -0.05) is 26.0 Å². The van der Waals surface area contributed by atoms with Gasteiger partial charge in [-0.15, -0.1) is 0 Å². The maximum atomic E-state index is 12.9. The summed E-state index contributed by atoms with van der Waals surface area (Å²) in [5.74, 6) is -0.600. The molecule has 1 saturated heterocycles. The van der Waals surface area contributed by atoms with Gasteiger partial charge in [0.1, 0.15) is 6.07 Å². The third-order valence-electron chi connectivity index (χ3n) is 5.72. The highest BCUT2D eigenvalue weighted by Gasteiger charge is 2.26. The maximum absolute atomic E-state index is 12.9. The van der Waals surface area contributed by atoms with Crippen molar-refractivity contribution in [2.24, 2.45) is 11.8 Å². The van der Waals surface area contributed by atoms with Crippen molar-refractivity contribution >= 4 is 17.7 Å². The van der Waals surface area contributed by atoms with Crippen LogP contribution in [0.2, 0.25) is 0 Å². The van der Waals surface area contributed by atoms with Crippen molar-refractivity contribution < 1.29 is 23.8 Å². The first-order valence-corrected chi connectivity index (χ1v) is 12.2. The summed E-state index contributed by atoms with van der Waals surface area (Å²) in [7, 11) is 0.500. The van der Waals surface area contributed by atoms with Gasteiger partial charge in [0.2, 0.25) is 5.82 Å². The summed E-state index contributed by atoms with van der Waals surface area (Å²) in [6.07, 6.45) is 2.72. The van der Waals surface area contributed by atoms with Gasteiger partial charge < -0.3 is 9.84 Å². The normalized spacial score (nSPS) is 13.8. The fraction of sp³-hybridized carbons (Fsp3) is 0.500. The molecule has 0 saturated carbocycles. The van der Waals surface area contributed by atoms with E-state index in [0.717, 1.165) is 44.2 Å². The zero-order valence-corrected chi connectivity index (χ0v) is 21.8. The SMILES string of the molecule is CCOC(=O)C1CCN(Cc2ccc(C(=O)NN(CC(C)C)c3nc(C#N)ncc3O)cc2)CC1.CF. The predicted molar refractivity (Wildman–Crippen MR) is 136 cm³/mol. The smallest absolute Gasteiger partial charge is 0.309 e. The number of benzene rings is 1. The number of aromatic nitrogens is 2. The Morgan fingerprint density at radius 3 is 2.49 bits per heavy atom. The van der Waals surface area contributed by atoms with E-state index in [0.29, 0.717) is 25.9 Å². The minimum atomic E-state index is -0.357. The van der Waals surface area contributed by atoms with E-state index in [2.05, 4.69) is 20.3 Å². The number of halogens is 1. The molecule has 1 aliphatic rings. The number of carbonyl (C=O) groups excluding carboxylic acids is 2. The monoisotopic (exact) mass is 514 g/mol. The number of carbonyl (C=O) groups is 2. The van der Waals surface area contributed by atoms with E-state index in [-0.39, 0.29) is 41.1 Å². The minimum Gasteiger partial charge on any atom is -0.503 e. The number of likely N-dealkylation sites (tertiary alicyclic amines) is 1. The van der Waals surface area contributed by atoms with Crippen molar-refractivity contribution in [3.8, 4) is 11.8 Å². The number of anilines is 1. The number of rotatable bonds is 9. The highest BCUT2D eigenvalue weighted by atomic mass is 19.1. The van der Waals surface area contributed by atoms with Crippen molar-refractivity contribution in [2.75, 3.05) is 38.4 Å². The van der Waals surface area contributed by atoms with Gasteiger partial charge in [0.05, 0.1) is 25.9 Å². The lowest BCUT2D eigenvalue weighted by molar-refractivity contribution is -0.149. The van der Waals surface area contributed by atoms with Gasteiger partial charge in [-0.3, -0.25) is 29.3 Å². The summed E-state index contributed by atoms with van der Waals surface area (Å²) in [4.78, 5) is 34.9. The molecule has 1 fully saturated rings. The number of hydrazine groups is 1. The fourth-order valence-corrected chi connectivity index (χ4v) is 3.96. The Balaban J connectivity index is 0.00000235. The first kappa shape index (κ1) is 29.5. The van der Waals surface area contributed by atoms with Crippen molar-refractivity contribution in [1.82, 2.24) is 20.3 Å². The van der Waals surface area contributed by atoms with Crippen LogP contribution in [0, 0.1) is 23.2 Å². The molecule has 0 radical (unpaired) electrons. The Morgan fingerprint density at radius 1 is 1.27 bits per heavy atom. The van der Waals surface area contributed by atoms with E-state index in [1.54, 1.807) is 12.1 Å². The van der Waals surface area contributed by atoms with Crippen LogP contribution in [0.4, 0.5) is 10.2 Å². The van der Waals surface area contributed by atoms with E-state index in [9.17, 15) is 19.1 Å². The summed E-state index contributed by atoms with van der Waals surface area (Å²) in [5.41, 5.74) is 4.31. The van der Waals surface area contributed by atoms with E-state index < -0.39 is 0 Å². The largest absolute Gasteiger partial charge is 0.503 e. The number of amides is 1. The molecule has 10 nitrogen and oxygen atoms in total. The Labute approximate surface area is 217 Å². The van der Waals surface area contributed by atoms with Crippen LogP contribution >= 0.6 is 0 Å². The number of nitriles is 1. The van der Waals surface area contributed by atoms with Crippen LogP contribution in [0.25, 0.3) is 0 Å². The van der Waals surface area contributed by atoms with E-state index in [1.165, 1.54) is 5.01 Å². The molecule has 0 spiro atoms. The number of alkyl halides is 1. The summed E-state index contributed by atoms with van der Waals surface area (Å²) in [6.45, 7) is 8.92. The Kier molecular flexibility index (Phi) is 11.7. The molecule has 2 N–H and O–H groups in total. The van der Waals surface area contributed by atoms with Gasteiger partial charge in [0, 0.05) is 18.7 Å². The molecule has 2 heterocycles. The number of nitrogens with zero attached hydrogens (tertiary/aromatic N) is 5. The zero-order chi connectivity index (χ0) is 27.4. The topological polar surface area (TPSA) is 132 Å². The standard InChI is InChI=1S/C25H32N6O4.CH3F/c1-4-35-25(34)20-9-11-30(12-10-20)16-18-5-7-19(8-6-18)24(33)29-31(15-17(2)3)23-21(32)14-27-22(13-26)28-23;1-2/h5-8,14,17,20,32H,4,9-12,15-16H2,1-3H3,(H,29,33);1H3. The lowest BCUT2D eigenvalue weighted by atomic mass is 9.96. The summed E-state index contributed by atoms with van der Waals surface area (Å²) < 4.78 is 14.6. The Bertz CT molecular complexity index is 1070. The molecule has 1 amide bonds. The number of aromatic hydroxyl groups is 1. The number of piperidine rings is 1. The molecule has 3 rings (SSSR count). The number of ether oxygens (including phenoxy) is 1. The van der Waals surface area contributed by atoms with Crippen molar-refractivity contribution in [3.63, 3.8) is 0 Å². The third kappa shape index (κ3) is 8.68. The molecule has 0 aliphatic carbocycles. The second-order valence-corrected chi connectivity index (χ2v) is 8.96. The number of hydrogen-bond donors (Lipinski definition) is 2. The van der Waals surface area contributed by atoms with Gasteiger partial charge in [0.25, 0.3) is 5.91 Å². The Morgan fingerprint density at radius 2 is 1.92 bits per heavy atom. The van der Waals surface area contributed by atoms with Gasteiger partial charge in [-0.2, -0.15) is 10.2 Å². The van der Waals surface area contributed by atoms with Crippen molar-refractivity contribution in [1.29, 1.82) is 5.26 Å². The summed E-state index contributed by atoms with van der Waals surface area (Å²) >= 11 is 0. The number of esters is 1. The fourth-order valence-electron chi connectivity index (χ4n) is 3.96. The van der Waals surface area contributed by atoms with Gasteiger partial charge in [-0.05, 0) is 56.5 Å². The molecule has 2 aromatic rings. The molecule has 0 bridgehead atoms. The third-order valence-corrected chi connectivity index (χ3v) is 5.72. The zero-order valence-electron chi connectivity index (χ0n) is 21.8. The minimum absolute atomic E-state index is 0.0235. The summed E-state index contributed by atoms with van der Waals surface area (Å²) in [5, 5.41) is 20.7. The van der Waals surface area contributed by atoms with E-state index >= 15 is 0 Å². The van der Waals surface area contributed by atoms with Crippen LogP contribution in [0.1, 0.15) is 55.4 Å². The molecule has 37 heavy (non-hydrogen) atoms. The van der Waals surface area contributed by atoms with E-state index in [1.807, 2.05) is 39.0 Å². The van der Waals surface area contributed by atoms with Crippen molar-refractivity contribution in [2.45, 2.75) is 40.2 Å². The van der Waals surface area contributed by atoms with Crippen LogP contribution in [0.5, 0.6) is 5.75 Å². The lowest BCUT2D eigenvalue weighted by Gasteiger charge is -2.30.